The number of ether oxygens (including phenoxy) is 2. The molecule has 1 aromatic carbocycles. The molecule has 0 bridgehead atoms. The second kappa shape index (κ2) is 4.81. The van der Waals surface area contributed by atoms with Gasteiger partial charge in [-0.2, -0.15) is 5.10 Å². The Morgan fingerprint density at radius 1 is 1.15 bits per heavy atom. The van der Waals surface area contributed by atoms with Gasteiger partial charge in [-0.3, -0.25) is 4.79 Å². The van der Waals surface area contributed by atoms with Crippen LogP contribution >= 0.6 is 0 Å². The summed E-state index contributed by atoms with van der Waals surface area (Å²) in [5.41, 5.74) is 3.95. The highest BCUT2D eigenvalue weighted by atomic mass is 16.5. The molecule has 1 spiro atoms. The van der Waals surface area contributed by atoms with Crippen LogP contribution in [0.3, 0.4) is 0 Å². The van der Waals surface area contributed by atoms with Gasteiger partial charge >= 0.3 is 0 Å². The Kier molecular flexibility index (Phi) is 3.12. The highest BCUT2D eigenvalue weighted by Crippen LogP contribution is 2.44. The van der Waals surface area contributed by atoms with E-state index in [1.165, 1.54) is 0 Å². The van der Waals surface area contributed by atoms with Crippen LogP contribution in [0.15, 0.2) is 23.3 Å². The highest BCUT2D eigenvalue weighted by Gasteiger charge is 2.49. The Morgan fingerprint density at radius 3 is 2.50 bits per heavy atom. The Bertz CT molecular complexity index is 574. The van der Waals surface area contributed by atoms with E-state index in [-0.39, 0.29) is 5.91 Å². The Morgan fingerprint density at radius 2 is 1.85 bits per heavy atom. The van der Waals surface area contributed by atoms with E-state index in [4.69, 9.17) is 9.47 Å². The first-order chi connectivity index (χ1) is 9.71. The number of rotatable bonds is 3. The molecule has 1 aromatic rings. The van der Waals surface area contributed by atoms with Crippen molar-refractivity contribution < 1.29 is 14.3 Å². The first-order valence-corrected chi connectivity index (χ1v) is 6.82. The number of benzene rings is 1. The summed E-state index contributed by atoms with van der Waals surface area (Å²) in [6.45, 7) is 0. The molecule has 0 radical (unpaired) electrons. The summed E-state index contributed by atoms with van der Waals surface area (Å²) in [6.07, 6.45) is 3.87. The number of carbonyl (C=O) groups is 1. The lowest BCUT2D eigenvalue weighted by Gasteiger charge is -2.22. The van der Waals surface area contributed by atoms with Gasteiger partial charge in [0.25, 0.3) is 5.91 Å². The summed E-state index contributed by atoms with van der Waals surface area (Å²) < 4.78 is 10.6. The van der Waals surface area contributed by atoms with E-state index in [1.54, 1.807) is 14.2 Å². The minimum atomic E-state index is -0.445. The SMILES string of the molecule is COc1ccc(C2=NNC(=O)C23CCCC3)cc1OC. The van der Waals surface area contributed by atoms with Crippen LogP contribution in [0.1, 0.15) is 31.2 Å². The molecule has 20 heavy (non-hydrogen) atoms. The molecule has 3 rings (SSSR count). The van der Waals surface area contributed by atoms with E-state index < -0.39 is 5.41 Å². The number of hydrogen-bond acceptors (Lipinski definition) is 4. The lowest BCUT2D eigenvalue weighted by molar-refractivity contribution is -0.126. The number of carbonyl (C=O) groups excluding carboxylic acids is 1. The fourth-order valence-corrected chi connectivity index (χ4v) is 3.20. The third-order valence-electron chi connectivity index (χ3n) is 4.27. The summed E-state index contributed by atoms with van der Waals surface area (Å²) >= 11 is 0. The molecule has 0 unspecified atom stereocenters. The topological polar surface area (TPSA) is 59.9 Å². The van der Waals surface area contributed by atoms with Gasteiger partial charge in [0.15, 0.2) is 11.5 Å². The molecule has 0 saturated heterocycles. The lowest BCUT2D eigenvalue weighted by atomic mass is 9.78. The van der Waals surface area contributed by atoms with Gasteiger partial charge < -0.3 is 9.47 Å². The molecule has 5 nitrogen and oxygen atoms in total. The maximum Gasteiger partial charge on any atom is 0.252 e. The number of hydrazone groups is 1. The Labute approximate surface area is 118 Å². The van der Waals surface area contributed by atoms with E-state index in [2.05, 4.69) is 10.5 Å². The van der Waals surface area contributed by atoms with Crippen LogP contribution in [0.4, 0.5) is 0 Å². The van der Waals surface area contributed by atoms with Crippen molar-refractivity contribution in [3.63, 3.8) is 0 Å². The van der Waals surface area contributed by atoms with Crippen LogP contribution < -0.4 is 14.9 Å². The molecular formula is C15H18N2O3. The first-order valence-electron chi connectivity index (χ1n) is 6.82. The van der Waals surface area contributed by atoms with Gasteiger partial charge in [-0.05, 0) is 31.0 Å². The minimum absolute atomic E-state index is 0.0276. The predicted octanol–water partition coefficient (Wildman–Crippen LogP) is 2.10. The fourth-order valence-electron chi connectivity index (χ4n) is 3.20. The molecule has 1 fully saturated rings. The van der Waals surface area contributed by atoms with Crippen molar-refractivity contribution in [3.05, 3.63) is 23.8 Å². The third-order valence-corrected chi connectivity index (χ3v) is 4.27. The van der Waals surface area contributed by atoms with Crippen LogP contribution in [-0.4, -0.2) is 25.8 Å². The van der Waals surface area contributed by atoms with Gasteiger partial charge in [-0.1, -0.05) is 12.8 Å². The molecule has 0 aromatic heterocycles. The first kappa shape index (κ1) is 13.0. The molecule has 2 aliphatic rings. The maximum atomic E-state index is 12.2. The Hall–Kier alpha value is -2.04. The second-order valence-electron chi connectivity index (χ2n) is 5.26. The number of methoxy groups -OCH3 is 2. The minimum Gasteiger partial charge on any atom is -0.493 e. The van der Waals surface area contributed by atoms with Crippen LogP contribution in [0, 0.1) is 5.41 Å². The van der Waals surface area contributed by atoms with Crippen molar-refractivity contribution in [2.24, 2.45) is 10.5 Å². The Balaban J connectivity index is 2.02. The lowest BCUT2D eigenvalue weighted by Crippen LogP contribution is -2.35. The van der Waals surface area contributed by atoms with Gasteiger partial charge in [0.05, 0.1) is 25.3 Å². The van der Waals surface area contributed by atoms with Crippen LogP contribution in [0.2, 0.25) is 0 Å². The predicted molar refractivity (Wildman–Crippen MR) is 75.1 cm³/mol. The fraction of sp³-hybridized carbons (Fsp3) is 0.467. The number of nitrogens with one attached hydrogen (secondary N) is 1. The zero-order valence-electron chi connectivity index (χ0n) is 11.7. The molecule has 1 aliphatic heterocycles. The van der Waals surface area contributed by atoms with E-state index >= 15 is 0 Å². The monoisotopic (exact) mass is 274 g/mol. The average Bonchev–Trinajstić information content (AvgIpc) is 3.08. The van der Waals surface area contributed by atoms with Crippen LogP contribution in [0.25, 0.3) is 0 Å². The van der Waals surface area contributed by atoms with Crippen molar-refractivity contribution in [1.82, 2.24) is 5.43 Å². The van der Waals surface area contributed by atoms with Gasteiger partial charge in [0, 0.05) is 5.56 Å². The standard InChI is InChI=1S/C15H18N2O3/c1-19-11-6-5-10(9-12(11)20-2)13-15(7-3-4-8-15)14(18)17-16-13/h5-6,9H,3-4,7-8H2,1-2H3,(H,17,18). The largest absolute Gasteiger partial charge is 0.493 e. The molecule has 106 valence electrons. The highest BCUT2D eigenvalue weighted by molar-refractivity contribution is 6.20. The number of nitrogens with zero attached hydrogens (tertiary/aromatic N) is 1. The quantitative estimate of drug-likeness (QED) is 0.918. The van der Waals surface area contributed by atoms with Gasteiger partial charge in [-0.25, -0.2) is 5.43 Å². The molecule has 1 aliphatic carbocycles. The van der Waals surface area contributed by atoms with E-state index in [0.29, 0.717) is 11.5 Å². The molecule has 5 heteroatoms. The summed E-state index contributed by atoms with van der Waals surface area (Å²) in [6, 6.07) is 5.67. The van der Waals surface area contributed by atoms with Crippen molar-refractivity contribution in [2.45, 2.75) is 25.7 Å². The van der Waals surface area contributed by atoms with Gasteiger partial charge in [0.2, 0.25) is 0 Å². The van der Waals surface area contributed by atoms with Crippen molar-refractivity contribution >= 4 is 11.6 Å². The maximum absolute atomic E-state index is 12.2. The summed E-state index contributed by atoms with van der Waals surface area (Å²) in [5.74, 6) is 1.36. The molecule has 1 amide bonds. The number of hydrogen-bond donors (Lipinski definition) is 1. The molecule has 1 N–H and O–H groups in total. The van der Waals surface area contributed by atoms with Crippen LogP contribution in [-0.2, 0) is 4.79 Å². The third kappa shape index (κ3) is 1.77. The zero-order chi connectivity index (χ0) is 14.2. The number of amides is 1. The van der Waals surface area contributed by atoms with E-state index in [9.17, 15) is 4.79 Å². The van der Waals surface area contributed by atoms with Crippen molar-refractivity contribution in [2.75, 3.05) is 14.2 Å². The summed E-state index contributed by atoms with van der Waals surface area (Å²) in [5, 5.41) is 4.27. The molecule has 1 saturated carbocycles. The summed E-state index contributed by atoms with van der Waals surface area (Å²) in [7, 11) is 3.21. The molecule has 0 atom stereocenters. The second-order valence-corrected chi connectivity index (χ2v) is 5.26. The van der Waals surface area contributed by atoms with Gasteiger partial charge in [-0.15, -0.1) is 0 Å². The van der Waals surface area contributed by atoms with E-state index in [1.807, 2.05) is 18.2 Å². The van der Waals surface area contributed by atoms with Gasteiger partial charge in [0.1, 0.15) is 0 Å². The molecule has 1 heterocycles. The summed E-state index contributed by atoms with van der Waals surface area (Å²) in [4.78, 5) is 12.2. The van der Waals surface area contributed by atoms with Crippen molar-refractivity contribution in [1.29, 1.82) is 0 Å². The zero-order valence-corrected chi connectivity index (χ0v) is 11.7. The normalized spacial score (nSPS) is 19.9. The van der Waals surface area contributed by atoms with Crippen LogP contribution in [0.5, 0.6) is 11.5 Å². The van der Waals surface area contributed by atoms with E-state index in [0.717, 1.165) is 37.0 Å². The average molecular weight is 274 g/mol. The molecular weight excluding hydrogens is 256 g/mol. The smallest absolute Gasteiger partial charge is 0.252 e. The van der Waals surface area contributed by atoms with Crippen molar-refractivity contribution in [3.8, 4) is 11.5 Å².